The zero-order valence-corrected chi connectivity index (χ0v) is 21.7. The average Bonchev–Trinajstić information content (AvgIpc) is 3.25. The molecule has 1 aromatic heterocycles. The lowest BCUT2D eigenvalue weighted by molar-refractivity contribution is -0.131. The van der Waals surface area contributed by atoms with Crippen LogP contribution >= 0.6 is 11.6 Å². The normalized spacial score (nSPS) is 16.8. The molecule has 3 aromatic carbocycles. The minimum Gasteiger partial charge on any atom is -0.343 e. The van der Waals surface area contributed by atoms with Crippen LogP contribution in [0.5, 0.6) is 0 Å². The van der Waals surface area contributed by atoms with E-state index < -0.39 is 43.3 Å². The van der Waals surface area contributed by atoms with E-state index in [0.717, 1.165) is 32.4 Å². The van der Waals surface area contributed by atoms with Crippen LogP contribution in [0.15, 0.2) is 66.9 Å². The molecule has 5 rings (SSSR count). The zero-order chi connectivity index (χ0) is 27.7. The summed E-state index contributed by atoms with van der Waals surface area (Å²) in [6.45, 7) is 0.668. The van der Waals surface area contributed by atoms with Crippen molar-refractivity contribution in [1.82, 2.24) is 15.2 Å². The molecular formula is C30H23ClF2N4O2. The first-order valence-corrected chi connectivity index (χ1v) is 12.6. The SMILES string of the molecule is CC(=Cc1ccc2nccc(C(=O)NCC(=O)N3CC(F)(F)CC3C#N)c2c1)c1ccc2cc(Cl)ccc2c1. The fraction of sp³-hybridized carbons (Fsp3) is 0.200. The van der Waals surface area contributed by atoms with Gasteiger partial charge in [0.1, 0.15) is 6.04 Å². The molecule has 4 aromatic rings. The molecule has 9 heteroatoms. The lowest BCUT2D eigenvalue weighted by Gasteiger charge is -2.19. The molecule has 1 atom stereocenters. The van der Waals surface area contributed by atoms with E-state index >= 15 is 0 Å². The van der Waals surface area contributed by atoms with Gasteiger partial charge >= 0.3 is 0 Å². The number of hydrogen-bond donors (Lipinski definition) is 1. The van der Waals surface area contributed by atoms with Crippen LogP contribution in [-0.2, 0) is 4.79 Å². The van der Waals surface area contributed by atoms with Gasteiger partial charge in [0.2, 0.25) is 5.91 Å². The number of benzene rings is 3. The van der Waals surface area contributed by atoms with Crippen LogP contribution in [-0.4, -0.2) is 46.8 Å². The van der Waals surface area contributed by atoms with E-state index in [-0.39, 0.29) is 0 Å². The Morgan fingerprint density at radius 3 is 2.72 bits per heavy atom. The maximum absolute atomic E-state index is 13.7. The molecule has 0 aliphatic carbocycles. The maximum Gasteiger partial charge on any atom is 0.268 e. The van der Waals surface area contributed by atoms with Crippen LogP contribution in [0.3, 0.4) is 0 Å². The molecule has 0 radical (unpaired) electrons. The van der Waals surface area contributed by atoms with E-state index in [0.29, 0.717) is 21.5 Å². The van der Waals surface area contributed by atoms with E-state index in [4.69, 9.17) is 16.9 Å². The molecule has 2 heterocycles. The molecular weight excluding hydrogens is 522 g/mol. The second kappa shape index (κ2) is 10.4. The van der Waals surface area contributed by atoms with Gasteiger partial charge in [0.05, 0.1) is 30.2 Å². The van der Waals surface area contributed by atoms with Gasteiger partial charge in [-0.1, -0.05) is 41.9 Å². The third-order valence-corrected chi connectivity index (χ3v) is 7.03. The highest BCUT2D eigenvalue weighted by molar-refractivity contribution is 6.31. The van der Waals surface area contributed by atoms with E-state index in [1.165, 1.54) is 6.20 Å². The highest BCUT2D eigenvalue weighted by Crippen LogP contribution is 2.32. The third-order valence-electron chi connectivity index (χ3n) is 6.79. The maximum atomic E-state index is 13.7. The Labute approximate surface area is 228 Å². The minimum atomic E-state index is -3.12. The number of nitrogens with one attached hydrogen (secondary N) is 1. The molecule has 0 spiro atoms. The van der Waals surface area contributed by atoms with Gasteiger partial charge in [-0.3, -0.25) is 14.6 Å². The van der Waals surface area contributed by atoms with Crippen LogP contribution in [0.4, 0.5) is 8.78 Å². The molecule has 1 saturated heterocycles. The second-order valence-electron chi connectivity index (χ2n) is 9.58. The Morgan fingerprint density at radius 2 is 1.92 bits per heavy atom. The van der Waals surface area contributed by atoms with Crippen LogP contribution in [0.25, 0.3) is 33.3 Å². The molecule has 39 heavy (non-hydrogen) atoms. The quantitative estimate of drug-likeness (QED) is 0.308. The van der Waals surface area contributed by atoms with Gasteiger partial charge in [0, 0.05) is 23.0 Å². The number of fused-ring (bicyclic) bond motifs is 2. The average molecular weight is 545 g/mol. The number of aromatic nitrogens is 1. The summed E-state index contributed by atoms with van der Waals surface area (Å²) < 4.78 is 27.4. The van der Waals surface area contributed by atoms with E-state index in [9.17, 15) is 18.4 Å². The van der Waals surface area contributed by atoms with Crippen molar-refractivity contribution < 1.29 is 18.4 Å². The number of hydrogen-bond acceptors (Lipinski definition) is 4. The van der Waals surface area contributed by atoms with Crippen molar-refractivity contribution in [3.8, 4) is 6.07 Å². The smallest absolute Gasteiger partial charge is 0.268 e. The summed E-state index contributed by atoms with van der Waals surface area (Å²) >= 11 is 6.10. The Hall–Kier alpha value is -4.35. The summed E-state index contributed by atoms with van der Waals surface area (Å²) in [4.78, 5) is 30.7. The molecule has 1 aliphatic rings. The molecule has 1 fully saturated rings. The molecule has 0 bridgehead atoms. The summed E-state index contributed by atoms with van der Waals surface area (Å²) in [6.07, 6.45) is 2.79. The van der Waals surface area contributed by atoms with Crippen molar-refractivity contribution >= 4 is 56.7 Å². The highest BCUT2D eigenvalue weighted by atomic mass is 35.5. The van der Waals surface area contributed by atoms with Crippen molar-refractivity contribution in [2.45, 2.75) is 25.3 Å². The number of rotatable bonds is 5. The molecule has 196 valence electrons. The van der Waals surface area contributed by atoms with Gasteiger partial charge in [0.25, 0.3) is 11.8 Å². The number of carbonyl (C=O) groups excluding carboxylic acids is 2. The summed E-state index contributed by atoms with van der Waals surface area (Å²) in [7, 11) is 0. The van der Waals surface area contributed by atoms with Crippen molar-refractivity contribution in [3.63, 3.8) is 0 Å². The van der Waals surface area contributed by atoms with Gasteiger partial charge in [-0.2, -0.15) is 5.26 Å². The van der Waals surface area contributed by atoms with E-state index in [2.05, 4.69) is 16.4 Å². The fourth-order valence-corrected chi connectivity index (χ4v) is 4.97. The van der Waals surface area contributed by atoms with Crippen molar-refractivity contribution in [2.75, 3.05) is 13.1 Å². The first-order valence-electron chi connectivity index (χ1n) is 12.3. The summed E-state index contributed by atoms with van der Waals surface area (Å²) in [5, 5.41) is 15.0. The Bertz CT molecular complexity index is 1700. The van der Waals surface area contributed by atoms with Crippen LogP contribution in [0, 0.1) is 11.3 Å². The predicted octanol–water partition coefficient (Wildman–Crippen LogP) is 6.09. The van der Waals surface area contributed by atoms with Crippen LogP contribution in [0.2, 0.25) is 5.02 Å². The number of likely N-dealkylation sites (tertiary alicyclic amines) is 1. The fourth-order valence-electron chi connectivity index (χ4n) is 4.79. The minimum absolute atomic E-state index is 0.298. The predicted molar refractivity (Wildman–Crippen MR) is 147 cm³/mol. The first kappa shape index (κ1) is 26.3. The number of carbonyl (C=O) groups is 2. The largest absolute Gasteiger partial charge is 0.343 e. The standard InChI is InChI=1S/C30H23ClF2N4O2/c1-18(20-3-4-22-13-23(31)6-5-21(22)12-20)10-19-2-7-27-26(11-19)25(8-9-35-27)29(39)36-16-28(38)37-17-30(32,33)14-24(37)15-34/h2-13,24H,14,16-17H2,1H3,(H,36,39). The van der Waals surface area contributed by atoms with Gasteiger partial charge in [0.15, 0.2) is 0 Å². The lowest BCUT2D eigenvalue weighted by atomic mass is 9.99. The van der Waals surface area contributed by atoms with E-state index in [1.54, 1.807) is 12.1 Å². The lowest BCUT2D eigenvalue weighted by Crippen LogP contribution is -2.43. The van der Waals surface area contributed by atoms with Gasteiger partial charge in [-0.25, -0.2) is 8.78 Å². The molecule has 1 N–H and O–H groups in total. The highest BCUT2D eigenvalue weighted by Gasteiger charge is 2.47. The molecule has 1 unspecified atom stereocenters. The van der Waals surface area contributed by atoms with Gasteiger partial charge in [-0.15, -0.1) is 0 Å². The monoisotopic (exact) mass is 544 g/mol. The van der Waals surface area contributed by atoms with Gasteiger partial charge in [-0.05, 0) is 70.8 Å². The number of nitriles is 1. The Kier molecular flexibility index (Phi) is 7.02. The summed E-state index contributed by atoms with van der Waals surface area (Å²) in [6, 6.07) is 19.5. The molecule has 6 nitrogen and oxygen atoms in total. The van der Waals surface area contributed by atoms with Crippen molar-refractivity contribution in [1.29, 1.82) is 5.26 Å². The number of halogens is 3. The topological polar surface area (TPSA) is 86.1 Å². The Balaban J connectivity index is 1.36. The number of amides is 2. The third kappa shape index (κ3) is 5.59. The molecule has 2 amide bonds. The first-order chi connectivity index (χ1) is 18.6. The Morgan fingerprint density at radius 1 is 1.15 bits per heavy atom. The van der Waals surface area contributed by atoms with Crippen LogP contribution < -0.4 is 5.32 Å². The zero-order valence-electron chi connectivity index (χ0n) is 20.9. The number of alkyl halides is 2. The van der Waals surface area contributed by atoms with E-state index in [1.807, 2.05) is 61.5 Å². The second-order valence-corrected chi connectivity index (χ2v) is 10.0. The van der Waals surface area contributed by atoms with Crippen LogP contribution in [0.1, 0.15) is 34.8 Å². The van der Waals surface area contributed by atoms with Crippen molar-refractivity contribution in [3.05, 3.63) is 88.6 Å². The molecule has 1 aliphatic heterocycles. The number of allylic oxidation sites excluding steroid dienone is 1. The summed E-state index contributed by atoms with van der Waals surface area (Å²) in [5.74, 6) is -4.40. The number of nitrogens with zero attached hydrogens (tertiary/aromatic N) is 3. The van der Waals surface area contributed by atoms with Crippen molar-refractivity contribution in [2.24, 2.45) is 0 Å². The van der Waals surface area contributed by atoms with Gasteiger partial charge < -0.3 is 10.2 Å². The molecule has 0 saturated carbocycles. The summed E-state index contributed by atoms with van der Waals surface area (Å²) in [5.41, 5.74) is 3.80. The number of pyridine rings is 1.